The summed E-state index contributed by atoms with van der Waals surface area (Å²) in [6, 6.07) is 6.86. The third kappa shape index (κ3) is 2.60. The molecule has 25 heavy (non-hydrogen) atoms. The second-order valence-electron chi connectivity index (χ2n) is 7.59. The molecular weight excluding hydrogens is 316 g/mol. The quantitative estimate of drug-likeness (QED) is 0.900. The molecule has 3 fully saturated rings. The first-order chi connectivity index (χ1) is 12.2. The largest absolute Gasteiger partial charge is 0.339 e. The van der Waals surface area contributed by atoms with Crippen molar-refractivity contribution in [2.24, 2.45) is 0 Å². The van der Waals surface area contributed by atoms with Crippen molar-refractivity contribution in [2.75, 3.05) is 0 Å². The molecule has 1 aromatic carbocycles. The van der Waals surface area contributed by atoms with Crippen LogP contribution >= 0.6 is 0 Å². The van der Waals surface area contributed by atoms with E-state index in [-0.39, 0.29) is 18.1 Å². The molecule has 2 heterocycles. The standard InChI is InChI=1S/C19H22N4O2/c1-10-13(12-7-8-15-16(9-12)21-19(24)20-15)3-2-4-14(10)17-22-18(25-23-17)11-5-6-11/h2-4,11-12,15-16H,5-9H2,1H3,(H2,20,21,24). The van der Waals surface area contributed by atoms with Gasteiger partial charge in [0.05, 0.1) is 12.1 Å². The number of nitrogens with one attached hydrogen (secondary N) is 2. The van der Waals surface area contributed by atoms with Crippen LogP contribution < -0.4 is 10.6 Å². The Hall–Kier alpha value is -2.37. The fourth-order valence-electron chi connectivity index (χ4n) is 4.34. The number of aromatic nitrogens is 2. The first-order valence-corrected chi connectivity index (χ1v) is 9.19. The Bertz CT molecular complexity index is 827. The molecule has 2 saturated carbocycles. The summed E-state index contributed by atoms with van der Waals surface area (Å²) < 4.78 is 5.44. The van der Waals surface area contributed by atoms with Crippen molar-refractivity contribution in [3.63, 3.8) is 0 Å². The van der Waals surface area contributed by atoms with E-state index in [2.05, 4.69) is 45.9 Å². The van der Waals surface area contributed by atoms with Gasteiger partial charge in [0.2, 0.25) is 11.7 Å². The average molecular weight is 338 g/mol. The number of carbonyl (C=O) groups is 1. The summed E-state index contributed by atoms with van der Waals surface area (Å²) in [7, 11) is 0. The van der Waals surface area contributed by atoms with Crippen molar-refractivity contribution in [3.05, 3.63) is 35.2 Å². The maximum Gasteiger partial charge on any atom is 0.315 e. The predicted octanol–water partition coefficient (Wildman–Crippen LogP) is 3.24. The maximum atomic E-state index is 11.6. The molecule has 0 bridgehead atoms. The lowest BCUT2D eigenvalue weighted by molar-refractivity contribution is 0.247. The molecule has 3 unspecified atom stereocenters. The number of fused-ring (bicyclic) bond motifs is 1. The fraction of sp³-hybridized carbons (Fsp3) is 0.526. The summed E-state index contributed by atoms with van der Waals surface area (Å²) in [5, 5.41) is 10.3. The molecule has 130 valence electrons. The summed E-state index contributed by atoms with van der Waals surface area (Å²) in [5.41, 5.74) is 3.63. The molecule has 5 rings (SSSR count). The van der Waals surface area contributed by atoms with E-state index in [1.165, 1.54) is 11.1 Å². The van der Waals surface area contributed by atoms with Crippen molar-refractivity contribution < 1.29 is 9.32 Å². The number of hydrogen-bond donors (Lipinski definition) is 2. The minimum atomic E-state index is -0.0273. The van der Waals surface area contributed by atoms with Gasteiger partial charge in [-0.05, 0) is 56.1 Å². The highest BCUT2D eigenvalue weighted by molar-refractivity contribution is 5.77. The van der Waals surface area contributed by atoms with Gasteiger partial charge in [-0.3, -0.25) is 0 Å². The van der Waals surface area contributed by atoms with Crippen LogP contribution in [-0.4, -0.2) is 28.3 Å². The van der Waals surface area contributed by atoms with Gasteiger partial charge in [0.15, 0.2) is 0 Å². The Morgan fingerprint density at radius 2 is 1.88 bits per heavy atom. The Morgan fingerprint density at radius 3 is 2.72 bits per heavy atom. The van der Waals surface area contributed by atoms with Crippen molar-refractivity contribution in [2.45, 2.75) is 62.9 Å². The number of amides is 2. The predicted molar refractivity (Wildman–Crippen MR) is 92.3 cm³/mol. The molecule has 3 aliphatic rings. The minimum absolute atomic E-state index is 0.0273. The zero-order valence-electron chi connectivity index (χ0n) is 14.3. The molecule has 1 aliphatic heterocycles. The summed E-state index contributed by atoms with van der Waals surface area (Å²) in [4.78, 5) is 16.2. The van der Waals surface area contributed by atoms with Crippen molar-refractivity contribution in [1.29, 1.82) is 0 Å². The van der Waals surface area contributed by atoms with Crippen LogP contribution in [0.3, 0.4) is 0 Å². The number of hydrogen-bond acceptors (Lipinski definition) is 4. The molecular formula is C19H22N4O2. The highest BCUT2D eigenvalue weighted by atomic mass is 16.5. The summed E-state index contributed by atoms with van der Waals surface area (Å²) in [6.07, 6.45) is 5.40. The molecule has 2 aromatic rings. The Kier molecular flexibility index (Phi) is 3.33. The van der Waals surface area contributed by atoms with Crippen LogP contribution in [0.15, 0.2) is 22.7 Å². The molecule has 2 amide bonds. The monoisotopic (exact) mass is 338 g/mol. The van der Waals surface area contributed by atoms with Crippen LogP contribution in [-0.2, 0) is 0 Å². The second kappa shape index (κ2) is 5.58. The molecule has 2 aliphatic carbocycles. The van der Waals surface area contributed by atoms with Crippen molar-refractivity contribution in [3.8, 4) is 11.4 Å². The van der Waals surface area contributed by atoms with Gasteiger partial charge in [-0.1, -0.05) is 23.4 Å². The third-order valence-corrected chi connectivity index (χ3v) is 5.91. The molecule has 1 aromatic heterocycles. The molecule has 0 radical (unpaired) electrons. The number of carbonyl (C=O) groups excluding carboxylic acids is 1. The third-order valence-electron chi connectivity index (χ3n) is 5.91. The van der Waals surface area contributed by atoms with E-state index < -0.39 is 0 Å². The molecule has 2 N–H and O–H groups in total. The number of nitrogens with zero attached hydrogens (tertiary/aromatic N) is 2. The Balaban J connectivity index is 1.43. The van der Waals surface area contributed by atoms with Crippen LogP contribution in [0.5, 0.6) is 0 Å². The van der Waals surface area contributed by atoms with Crippen LogP contribution in [0.2, 0.25) is 0 Å². The van der Waals surface area contributed by atoms with E-state index in [1.54, 1.807) is 0 Å². The van der Waals surface area contributed by atoms with Crippen LogP contribution in [0.25, 0.3) is 11.4 Å². The van der Waals surface area contributed by atoms with Crippen LogP contribution in [0, 0.1) is 6.92 Å². The van der Waals surface area contributed by atoms with Gasteiger partial charge in [0.1, 0.15) is 0 Å². The van der Waals surface area contributed by atoms with Gasteiger partial charge in [0, 0.05) is 11.5 Å². The van der Waals surface area contributed by atoms with E-state index in [9.17, 15) is 4.79 Å². The minimum Gasteiger partial charge on any atom is -0.339 e. The topological polar surface area (TPSA) is 80.1 Å². The van der Waals surface area contributed by atoms with Crippen LogP contribution in [0.4, 0.5) is 4.79 Å². The maximum absolute atomic E-state index is 11.6. The van der Waals surface area contributed by atoms with E-state index in [4.69, 9.17) is 4.52 Å². The number of benzene rings is 1. The van der Waals surface area contributed by atoms with E-state index in [0.29, 0.717) is 17.7 Å². The lowest BCUT2D eigenvalue weighted by atomic mass is 9.77. The fourth-order valence-corrected chi connectivity index (χ4v) is 4.34. The van der Waals surface area contributed by atoms with Gasteiger partial charge in [-0.2, -0.15) is 4.98 Å². The van der Waals surface area contributed by atoms with Gasteiger partial charge >= 0.3 is 6.03 Å². The summed E-state index contributed by atoms with van der Waals surface area (Å²) in [5.74, 6) is 2.40. The SMILES string of the molecule is Cc1c(-c2noc(C3CC3)n2)cccc1C1CCC2NC(=O)NC2C1. The summed E-state index contributed by atoms with van der Waals surface area (Å²) in [6.45, 7) is 2.15. The van der Waals surface area contributed by atoms with E-state index >= 15 is 0 Å². The number of urea groups is 1. The van der Waals surface area contributed by atoms with Gasteiger partial charge in [-0.25, -0.2) is 4.79 Å². The van der Waals surface area contributed by atoms with Crippen molar-refractivity contribution >= 4 is 6.03 Å². The zero-order valence-corrected chi connectivity index (χ0v) is 14.3. The lowest BCUT2D eigenvalue weighted by Crippen LogP contribution is -2.39. The zero-order chi connectivity index (χ0) is 17.0. The molecule has 0 spiro atoms. The van der Waals surface area contributed by atoms with Gasteiger partial charge in [0.25, 0.3) is 0 Å². The van der Waals surface area contributed by atoms with Gasteiger partial charge < -0.3 is 15.2 Å². The molecule has 1 saturated heterocycles. The smallest absolute Gasteiger partial charge is 0.315 e. The van der Waals surface area contributed by atoms with Crippen LogP contribution in [0.1, 0.15) is 61.0 Å². The van der Waals surface area contributed by atoms with E-state index in [1.807, 2.05) is 0 Å². The molecule has 6 nitrogen and oxygen atoms in total. The lowest BCUT2D eigenvalue weighted by Gasteiger charge is -2.31. The Labute approximate surface area is 146 Å². The summed E-state index contributed by atoms with van der Waals surface area (Å²) >= 11 is 0. The second-order valence-corrected chi connectivity index (χ2v) is 7.59. The normalized spacial score (nSPS) is 28.4. The van der Waals surface area contributed by atoms with Crippen molar-refractivity contribution in [1.82, 2.24) is 20.8 Å². The first kappa shape index (κ1) is 14.9. The average Bonchev–Trinajstić information content (AvgIpc) is 3.22. The number of rotatable bonds is 3. The highest BCUT2D eigenvalue weighted by Crippen LogP contribution is 2.41. The molecule has 3 atom stereocenters. The van der Waals surface area contributed by atoms with E-state index in [0.717, 1.165) is 43.6 Å². The highest BCUT2D eigenvalue weighted by Gasteiger charge is 2.38. The molecule has 6 heteroatoms. The Morgan fingerprint density at radius 1 is 1.08 bits per heavy atom. The van der Waals surface area contributed by atoms with Gasteiger partial charge in [-0.15, -0.1) is 0 Å². The first-order valence-electron chi connectivity index (χ1n) is 9.19.